The van der Waals surface area contributed by atoms with E-state index in [4.69, 9.17) is 12.2 Å². The van der Waals surface area contributed by atoms with Crippen LogP contribution in [0.4, 0.5) is 11.4 Å². The first kappa shape index (κ1) is 18.8. The third-order valence-corrected chi connectivity index (χ3v) is 7.50. The zero-order valence-electron chi connectivity index (χ0n) is 15.1. The minimum atomic E-state index is 0.0809. The maximum atomic E-state index is 13.2. The van der Waals surface area contributed by atoms with Crippen molar-refractivity contribution in [3.63, 3.8) is 0 Å². The normalized spacial score (nSPS) is 16.3. The van der Waals surface area contributed by atoms with Crippen molar-refractivity contribution in [2.75, 3.05) is 23.7 Å². The monoisotopic (exact) mass is 414 g/mol. The molecule has 0 aromatic heterocycles. The number of nitrogens with zero attached hydrogens (tertiary/aromatic N) is 2. The number of anilines is 2. The predicted molar refractivity (Wildman–Crippen MR) is 119 cm³/mol. The summed E-state index contributed by atoms with van der Waals surface area (Å²) in [5.74, 6) is 0.445. The Kier molecular flexibility index (Phi) is 6.05. The molecule has 2 aliphatic rings. The lowest BCUT2D eigenvalue weighted by atomic mass is 10.2. The Hall–Kier alpha value is -1.50. The van der Waals surface area contributed by atoms with Crippen LogP contribution in [0.2, 0.25) is 0 Å². The quantitative estimate of drug-likeness (QED) is 0.586. The van der Waals surface area contributed by atoms with Gasteiger partial charge in [-0.2, -0.15) is 0 Å². The number of para-hydroxylation sites is 2. The molecule has 2 heterocycles. The number of carbonyl (C=O) groups excluding carboxylic acids is 1. The fourth-order valence-corrected chi connectivity index (χ4v) is 5.66. The first-order valence-corrected chi connectivity index (χ1v) is 11.6. The average molecular weight is 415 g/mol. The highest BCUT2D eigenvalue weighted by Crippen LogP contribution is 2.48. The lowest BCUT2D eigenvalue weighted by molar-refractivity contribution is -0.115. The van der Waals surface area contributed by atoms with E-state index in [0.29, 0.717) is 5.75 Å². The lowest BCUT2D eigenvalue weighted by Crippen LogP contribution is -2.33. The predicted octanol–water partition coefficient (Wildman–Crippen LogP) is 5.71. The van der Waals surface area contributed by atoms with Crippen LogP contribution >= 0.6 is 35.7 Å². The van der Waals surface area contributed by atoms with E-state index in [1.165, 1.54) is 37.4 Å². The van der Waals surface area contributed by atoms with Gasteiger partial charge >= 0.3 is 0 Å². The molecule has 0 atom stereocenters. The van der Waals surface area contributed by atoms with Crippen molar-refractivity contribution in [3.05, 3.63) is 48.5 Å². The summed E-state index contributed by atoms with van der Waals surface area (Å²) >= 11 is 8.84. The molecule has 2 aromatic carbocycles. The van der Waals surface area contributed by atoms with Crippen molar-refractivity contribution in [1.29, 1.82) is 0 Å². The highest BCUT2D eigenvalue weighted by molar-refractivity contribution is 8.23. The van der Waals surface area contributed by atoms with Crippen LogP contribution in [0.15, 0.2) is 58.3 Å². The van der Waals surface area contributed by atoms with Crippen molar-refractivity contribution in [2.45, 2.75) is 35.5 Å². The Morgan fingerprint density at radius 3 is 2.07 bits per heavy atom. The van der Waals surface area contributed by atoms with Crippen LogP contribution < -0.4 is 4.90 Å². The molecule has 0 spiro atoms. The van der Waals surface area contributed by atoms with Gasteiger partial charge < -0.3 is 4.90 Å². The van der Waals surface area contributed by atoms with Gasteiger partial charge in [0.1, 0.15) is 4.32 Å². The summed E-state index contributed by atoms with van der Waals surface area (Å²) in [6.45, 7) is 2.04. The second-order valence-corrected chi connectivity index (χ2v) is 9.42. The first-order valence-electron chi connectivity index (χ1n) is 9.34. The Balaban J connectivity index is 1.51. The Morgan fingerprint density at radius 2 is 1.48 bits per heavy atom. The summed E-state index contributed by atoms with van der Waals surface area (Å²) in [4.78, 5) is 19.6. The summed E-state index contributed by atoms with van der Waals surface area (Å²) in [6, 6.07) is 16.2. The first-order chi connectivity index (χ1) is 13.2. The smallest absolute Gasteiger partial charge is 0.242 e. The van der Waals surface area contributed by atoms with Crippen molar-refractivity contribution in [1.82, 2.24) is 4.90 Å². The van der Waals surface area contributed by atoms with Crippen LogP contribution in [0.3, 0.4) is 0 Å². The van der Waals surface area contributed by atoms with Gasteiger partial charge in [-0.1, -0.05) is 72.8 Å². The van der Waals surface area contributed by atoms with Gasteiger partial charge in [0.2, 0.25) is 5.91 Å². The van der Waals surface area contributed by atoms with Crippen molar-refractivity contribution >= 4 is 57.3 Å². The molecule has 2 aliphatic heterocycles. The third-order valence-electron chi connectivity index (χ3n) is 4.87. The number of thioether (sulfide) groups is 1. The van der Waals surface area contributed by atoms with E-state index in [-0.39, 0.29) is 5.91 Å². The highest BCUT2D eigenvalue weighted by atomic mass is 32.2. The molecule has 0 bridgehead atoms. The number of rotatable bonds is 2. The van der Waals surface area contributed by atoms with Gasteiger partial charge in [0.25, 0.3) is 0 Å². The van der Waals surface area contributed by atoms with Gasteiger partial charge in [0, 0.05) is 22.9 Å². The molecular formula is C21H22N2OS3. The molecular weight excluding hydrogens is 392 g/mol. The summed E-state index contributed by atoms with van der Waals surface area (Å²) in [5.41, 5.74) is 1.93. The zero-order chi connectivity index (χ0) is 18.6. The number of hydrogen-bond donors (Lipinski definition) is 0. The number of benzene rings is 2. The summed E-state index contributed by atoms with van der Waals surface area (Å²) in [7, 11) is 0. The molecule has 1 fully saturated rings. The highest BCUT2D eigenvalue weighted by Gasteiger charge is 2.28. The average Bonchev–Trinajstić information content (AvgIpc) is 2.99. The Labute approximate surface area is 174 Å². The fourth-order valence-electron chi connectivity index (χ4n) is 3.51. The second-order valence-electron chi connectivity index (χ2n) is 6.72. The fraction of sp³-hybridized carbons (Fsp3) is 0.333. The third kappa shape index (κ3) is 4.18. The van der Waals surface area contributed by atoms with Crippen LogP contribution in [0.25, 0.3) is 0 Å². The number of likely N-dealkylation sites (tertiary alicyclic amines) is 1. The van der Waals surface area contributed by atoms with E-state index in [0.717, 1.165) is 38.6 Å². The van der Waals surface area contributed by atoms with Crippen molar-refractivity contribution in [3.8, 4) is 0 Å². The number of amides is 1. The Bertz CT molecular complexity index is 801. The van der Waals surface area contributed by atoms with Crippen LogP contribution in [0, 0.1) is 0 Å². The molecule has 27 heavy (non-hydrogen) atoms. The molecule has 1 saturated heterocycles. The Morgan fingerprint density at radius 1 is 0.926 bits per heavy atom. The van der Waals surface area contributed by atoms with Gasteiger partial charge in [-0.25, -0.2) is 0 Å². The lowest BCUT2D eigenvalue weighted by Gasteiger charge is -2.31. The van der Waals surface area contributed by atoms with Crippen LogP contribution in [0.5, 0.6) is 0 Å². The largest absolute Gasteiger partial charge is 0.358 e. The molecule has 4 rings (SSSR count). The maximum Gasteiger partial charge on any atom is 0.242 e. The van der Waals surface area contributed by atoms with Crippen LogP contribution in [0.1, 0.15) is 25.7 Å². The van der Waals surface area contributed by atoms with Crippen LogP contribution in [-0.4, -0.2) is 34.0 Å². The summed E-state index contributed by atoms with van der Waals surface area (Å²) in [5, 5.41) is 0. The van der Waals surface area contributed by atoms with E-state index in [1.807, 2.05) is 41.3 Å². The summed E-state index contributed by atoms with van der Waals surface area (Å²) < 4.78 is 0.859. The number of thiocarbonyl (C=S) groups is 1. The van der Waals surface area contributed by atoms with E-state index < -0.39 is 0 Å². The number of hydrogen-bond acceptors (Lipinski definition) is 4. The zero-order valence-corrected chi connectivity index (χ0v) is 17.5. The molecule has 0 radical (unpaired) electrons. The molecule has 0 aliphatic carbocycles. The minimum Gasteiger partial charge on any atom is -0.358 e. The van der Waals surface area contributed by atoms with Crippen molar-refractivity contribution < 1.29 is 4.79 Å². The number of fused-ring (bicyclic) bond motifs is 2. The van der Waals surface area contributed by atoms with Gasteiger partial charge in [0.15, 0.2) is 0 Å². The molecule has 0 N–H and O–H groups in total. The van der Waals surface area contributed by atoms with Gasteiger partial charge in [-0.15, -0.1) is 0 Å². The molecule has 1 amide bonds. The van der Waals surface area contributed by atoms with E-state index in [2.05, 4.69) is 17.0 Å². The van der Waals surface area contributed by atoms with E-state index >= 15 is 0 Å². The minimum absolute atomic E-state index is 0.0809. The SMILES string of the molecule is O=C(CSC(=S)N1CCCCCC1)N1c2ccccc2Sc2ccccc21. The van der Waals surface area contributed by atoms with Gasteiger partial charge in [-0.05, 0) is 37.1 Å². The van der Waals surface area contributed by atoms with E-state index in [9.17, 15) is 4.79 Å². The van der Waals surface area contributed by atoms with Gasteiger partial charge in [0.05, 0.1) is 17.1 Å². The van der Waals surface area contributed by atoms with Crippen molar-refractivity contribution in [2.24, 2.45) is 0 Å². The van der Waals surface area contributed by atoms with E-state index in [1.54, 1.807) is 11.8 Å². The summed E-state index contributed by atoms with van der Waals surface area (Å²) in [6.07, 6.45) is 4.95. The molecule has 6 heteroatoms. The molecule has 3 nitrogen and oxygen atoms in total. The second kappa shape index (κ2) is 8.67. The molecule has 140 valence electrons. The van der Waals surface area contributed by atoms with Gasteiger partial charge in [-0.3, -0.25) is 9.69 Å². The number of carbonyl (C=O) groups is 1. The maximum absolute atomic E-state index is 13.2. The molecule has 0 unspecified atom stereocenters. The standard InChI is InChI=1S/C21H22N2OS3/c24-20(15-26-21(25)22-13-7-1-2-8-14-22)23-16-9-3-5-11-18(16)27-19-12-6-4-10-17(19)23/h3-6,9-12H,1-2,7-8,13-15H2. The molecule has 0 saturated carbocycles. The topological polar surface area (TPSA) is 23.6 Å². The van der Waals surface area contributed by atoms with Crippen LogP contribution in [-0.2, 0) is 4.79 Å². The molecule has 2 aromatic rings.